The third kappa shape index (κ3) is 1.91. The van der Waals surface area contributed by atoms with Gasteiger partial charge in [0.25, 0.3) is 0 Å². The van der Waals surface area contributed by atoms with E-state index in [1.807, 2.05) is 0 Å². The molecule has 1 aliphatic rings. The fourth-order valence-corrected chi connectivity index (χ4v) is 0.678. The van der Waals surface area contributed by atoms with E-state index >= 15 is 0 Å². The van der Waals surface area contributed by atoms with Crippen LogP contribution in [-0.2, 0) is 9.47 Å². The third-order valence-corrected chi connectivity index (χ3v) is 1.10. The summed E-state index contributed by atoms with van der Waals surface area (Å²) in [6.07, 6.45) is -1.52. The molecule has 0 bridgehead atoms. The average molecular weight is 134 g/mol. The topological polar surface area (TPSA) is 58.9 Å². The van der Waals surface area contributed by atoms with Crippen molar-refractivity contribution >= 4 is 0 Å². The minimum Gasteiger partial charge on any atom is -0.364 e. The molecule has 0 saturated carbocycles. The molecule has 0 spiro atoms. The molecule has 0 amide bonds. The summed E-state index contributed by atoms with van der Waals surface area (Å²) in [5, 5.41) is 17.0. The van der Waals surface area contributed by atoms with E-state index in [-0.39, 0.29) is 0 Å². The van der Waals surface area contributed by atoms with Gasteiger partial charge in [0.2, 0.25) is 12.6 Å². The predicted octanol–water partition coefficient (Wildman–Crippen LogP) is -0.940. The van der Waals surface area contributed by atoms with E-state index in [1.54, 1.807) is 0 Å². The van der Waals surface area contributed by atoms with Crippen LogP contribution in [0.3, 0.4) is 0 Å². The van der Waals surface area contributed by atoms with Gasteiger partial charge >= 0.3 is 0 Å². The van der Waals surface area contributed by atoms with Crippen LogP contribution in [0.15, 0.2) is 0 Å². The van der Waals surface area contributed by atoms with Gasteiger partial charge in [-0.05, 0) is 6.42 Å². The summed E-state index contributed by atoms with van der Waals surface area (Å²) in [6, 6.07) is 0. The largest absolute Gasteiger partial charge is 0.364 e. The lowest BCUT2D eigenvalue weighted by molar-refractivity contribution is -0.273. The van der Waals surface area contributed by atoms with Crippen LogP contribution < -0.4 is 0 Å². The number of aliphatic hydroxyl groups excluding tert-OH is 1. The van der Waals surface area contributed by atoms with Crippen molar-refractivity contribution in [1.29, 1.82) is 0 Å². The van der Waals surface area contributed by atoms with Gasteiger partial charge in [-0.15, -0.1) is 0 Å². The van der Waals surface area contributed by atoms with Crippen molar-refractivity contribution in [3.8, 4) is 0 Å². The Morgan fingerprint density at radius 3 is 2.11 bits per heavy atom. The fourth-order valence-electron chi connectivity index (χ4n) is 0.678. The van der Waals surface area contributed by atoms with Gasteiger partial charge in [-0.1, -0.05) is 0 Å². The molecule has 4 nitrogen and oxygen atoms in total. The number of aliphatic hydroxyl groups is 2. The second-order valence-corrected chi connectivity index (χ2v) is 1.88. The van der Waals surface area contributed by atoms with Gasteiger partial charge in [0.05, 0.1) is 13.2 Å². The Kier molecular flexibility index (Phi) is 2.41. The Morgan fingerprint density at radius 2 is 1.78 bits per heavy atom. The van der Waals surface area contributed by atoms with Crippen molar-refractivity contribution in [2.45, 2.75) is 19.0 Å². The summed E-state index contributed by atoms with van der Waals surface area (Å²) in [4.78, 5) is 0. The van der Waals surface area contributed by atoms with Gasteiger partial charge in [-0.2, -0.15) is 0 Å². The Hall–Kier alpha value is -0.160. The van der Waals surface area contributed by atoms with Crippen LogP contribution in [0.5, 0.6) is 0 Å². The van der Waals surface area contributed by atoms with Crippen molar-refractivity contribution in [3.05, 3.63) is 0 Å². The molecule has 4 heteroatoms. The molecule has 0 aromatic rings. The molecule has 0 aliphatic carbocycles. The fraction of sp³-hybridized carbons (Fsp3) is 1.00. The maximum absolute atomic E-state index is 8.48. The third-order valence-electron chi connectivity index (χ3n) is 1.10. The highest BCUT2D eigenvalue weighted by Crippen LogP contribution is 2.06. The Bertz CT molecular complexity index is 77.0. The highest BCUT2D eigenvalue weighted by atomic mass is 16.7. The lowest BCUT2D eigenvalue weighted by Gasteiger charge is -2.23. The lowest BCUT2D eigenvalue weighted by Crippen LogP contribution is -2.35. The molecule has 1 saturated heterocycles. The molecular weight excluding hydrogens is 124 g/mol. The molecule has 0 atom stereocenters. The molecule has 1 heterocycles. The van der Waals surface area contributed by atoms with E-state index in [0.717, 1.165) is 6.42 Å². The maximum atomic E-state index is 8.48. The maximum Gasteiger partial charge on any atom is 0.209 e. The molecule has 1 aliphatic heterocycles. The van der Waals surface area contributed by atoms with Gasteiger partial charge in [-0.25, -0.2) is 0 Å². The summed E-state index contributed by atoms with van der Waals surface area (Å²) in [7, 11) is 0. The molecule has 0 aromatic carbocycles. The second-order valence-electron chi connectivity index (χ2n) is 1.88. The van der Waals surface area contributed by atoms with Crippen LogP contribution in [-0.4, -0.2) is 36.0 Å². The van der Waals surface area contributed by atoms with Crippen molar-refractivity contribution in [2.75, 3.05) is 13.2 Å². The summed E-state index contributed by atoms with van der Waals surface area (Å²) in [6.45, 7) is 1.09. The van der Waals surface area contributed by atoms with E-state index < -0.39 is 12.6 Å². The highest BCUT2D eigenvalue weighted by Gasteiger charge is 2.20. The van der Waals surface area contributed by atoms with Crippen LogP contribution in [0.25, 0.3) is 0 Å². The number of ether oxygens (including phenoxy) is 2. The minimum absolute atomic E-state index is 0.544. The molecule has 0 unspecified atom stereocenters. The van der Waals surface area contributed by atoms with Gasteiger partial charge in [0.1, 0.15) is 0 Å². The molecular formula is C5H10O4. The molecule has 9 heavy (non-hydrogen) atoms. The smallest absolute Gasteiger partial charge is 0.209 e. The monoisotopic (exact) mass is 134 g/mol. The normalized spacial score (nSPS) is 23.0. The van der Waals surface area contributed by atoms with Gasteiger partial charge in [0.15, 0.2) is 0 Å². The van der Waals surface area contributed by atoms with E-state index in [9.17, 15) is 0 Å². The molecule has 2 N–H and O–H groups in total. The van der Waals surface area contributed by atoms with Crippen molar-refractivity contribution in [3.63, 3.8) is 0 Å². The molecule has 1 fully saturated rings. The number of rotatable bonds is 1. The number of hydrogen-bond donors (Lipinski definition) is 2. The standard InChI is InChI=1S/C5H10O4/c6-4(7)5-8-2-1-3-9-5/h4-7H,1-3H2. The zero-order valence-electron chi connectivity index (χ0n) is 4.99. The molecule has 1 rings (SSSR count). The van der Waals surface area contributed by atoms with E-state index in [2.05, 4.69) is 0 Å². The van der Waals surface area contributed by atoms with Crippen LogP contribution in [0.2, 0.25) is 0 Å². The van der Waals surface area contributed by atoms with Crippen LogP contribution >= 0.6 is 0 Å². The van der Waals surface area contributed by atoms with E-state index in [1.165, 1.54) is 0 Å². The van der Waals surface area contributed by atoms with Crippen molar-refractivity contribution in [1.82, 2.24) is 0 Å². The lowest BCUT2D eigenvalue weighted by atomic mass is 10.4. The molecule has 0 radical (unpaired) electrons. The zero-order chi connectivity index (χ0) is 6.69. The predicted molar refractivity (Wildman–Crippen MR) is 28.5 cm³/mol. The van der Waals surface area contributed by atoms with Crippen LogP contribution in [0.4, 0.5) is 0 Å². The van der Waals surface area contributed by atoms with Gasteiger partial charge in [-0.3, -0.25) is 0 Å². The first kappa shape index (κ1) is 6.95. The first-order valence-electron chi connectivity index (χ1n) is 2.90. The second kappa shape index (κ2) is 3.12. The molecule has 0 aromatic heterocycles. The Labute approximate surface area is 53.0 Å². The summed E-state index contributed by atoms with van der Waals surface area (Å²) >= 11 is 0. The zero-order valence-corrected chi connectivity index (χ0v) is 4.99. The Balaban J connectivity index is 2.23. The minimum atomic E-state index is -1.51. The summed E-state index contributed by atoms with van der Waals surface area (Å²) in [5.41, 5.74) is 0. The SMILES string of the molecule is OC(O)C1OCCCO1. The summed E-state index contributed by atoms with van der Waals surface area (Å²) < 4.78 is 9.63. The molecule has 54 valence electrons. The van der Waals surface area contributed by atoms with Gasteiger partial charge in [0, 0.05) is 0 Å². The van der Waals surface area contributed by atoms with Crippen LogP contribution in [0.1, 0.15) is 6.42 Å². The first-order chi connectivity index (χ1) is 4.30. The van der Waals surface area contributed by atoms with Crippen molar-refractivity contribution in [2.24, 2.45) is 0 Å². The van der Waals surface area contributed by atoms with E-state index in [4.69, 9.17) is 19.7 Å². The highest BCUT2D eigenvalue weighted by molar-refractivity contribution is 4.51. The first-order valence-corrected chi connectivity index (χ1v) is 2.90. The van der Waals surface area contributed by atoms with Gasteiger partial charge < -0.3 is 19.7 Å². The van der Waals surface area contributed by atoms with Crippen LogP contribution in [0, 0.1) is 0 Å². The number of hydrogen-bond acceptors (Lipinski definition) is 4. The van der Waals surface area contributed by atoms with E-state index in [0.29, 0.717) is 13.2 Å². The quantitative estimate of drug-likeness (QED) is 0.454. The summed E-state index contributed by atoms with van der Waals surface area (Å²) in [5.74, 6) is 0. The Morgan fingerprint density at radius 1 is 1.22 bits per heavy atom. The average Bonchev–Trinajstić information content (AvgIpc) is 1.90. The van der Waals surface area contributed by atoms with Crippen molar-refractivity contribution < 1.29 is 19.7 Å².